The van der Waals surface area contributed by atoms with E-state index in [2.05, 4.69) is 190 Å². The zero-order chi connectivity index (χ0) is 62.1. The topological polar surface area (TPSA) is 216 Å². The van der Waals surface area contributed by atoms with E-state index in [0.717, 1.165) is 150 Å². The Bertz CT molecular complexity index is 3890. The molecular formula is C68H85BBr2IN13O5. The molecule has 22 heteroatoms. The van der Waals surface area contributed by atoms with Gasteiger partial charge in [-0.1, -0.05) is 54.6 Å². The molecule has 3 saturated heterocycles. The molecule has 0 bridgehead atoms. The van der Waals surface area contributed by atoms with Crippen molar-refractivity contribution < 1.29 is 23.5 Å². The zero-order valence-electron chi connectivity index (χ0n) is 52.9. The van der Waals surface area contributed by atoms with Crippen molar-refractivity contribution in [1.82, 2.24) is 49.3 Å². The highest BCUT2D eigenvalue weighted by molar-refractivity contribution is 14.0. The summed E-state index contributed by atoms with van der Waals surface area (Å²) in [5.41, 5.74) is 30.9. The third kappa shape index (κ3) is 13.9. The summed E-state index contributed by atoms with van der Waals surface area (Å²) < 4.78 is 33.9. The standard InChI is InChI=1S/C25H29N5O.C13H18N2.C12H12BrN3O.C11H19BO3.C7H6BrN3.HI/c1-17-23(28-21-6-11-30(24(21)27-17)19-7-14-31-15-8-19)29-12-9-25(10-13-29)16-18-4-2-3-5-20(18)22(25)26;14-12-11-4-2-1-3-10(11)9-13(12)5-7-15-8-6-13;1-8-11(13)15-10-2-5-16(12(10)14-8)9-3-6-17-7-4-9;1-10(2)11(3,4)15-12(14-10)9-5-7-13-8-6-9;1-4-6(8)11-5-2-3-9-7(5)10-4;/h2-7,11,22H,8-10,12-16,26H2,1H3;1-4,12,15H,5-9,14H2;2-3,5H,4,6-7H2,1H3;5H,6-8H2,1-4H3;2-3H,1H3,(H,9,10);1H/t22-;12-;;;;/m11..../s1. The van der Waals surface area contributed by atoms with Crippen LogP contribution in [0.4, 0.5) is 5.82 Å². The maximum absolute atomic E-state index is 6.75. The van der Waals surface area contributed by atoms with Crippen LogP contribution >= 0.6 is 55.8 Å². The number of anilines is 1. The van der Waals surface area contributed by atoms with Gasteiger partial charge in [-0.05, 0) is 207 Å². The third-order valence-electron chi connectivity index (χ3n) is 19.7. The van der Waals surface area contributed by atoms with Crippen molar-refractivity contribution in [2.45, 2.75) is 130 Å². The lowest BCUT2D eigenvalue weighted by atomic mass is 9.73. The Morgan fingerprint density at radius 2 is 1.06 bits per heavy atom. The predicted octanol–water partition coefficient (Wildman–Crippen LogP) is 12.8. The number of halogens is 3. The predicted molar refractivity (Wildman–Crippen MR) is 376 cm³/mol. The van der Waals surface area contributed by atoms with Crippen LogP contribution in [0.15, 0.2) is 118 Å². The molecule has 0 amide bonds. The maximum Gasteiger partial charge on any atom is 0.490 e. The second kappa shape index (κ2) is 28.1. The van der Waals surface area contributed by atoms with Crippen LogP contribution < -0.4 is 21.7 Å². The van der Waals surface area contributed by atoms with Gasteiger partial charge in [0.15, 0.2) is 22.8 Å². The van der Waals surface area contributed by atoms with E-state index in [4.69, 9.17) is 45.0 Å². The van der Waals surface area contributed by atoms with Crippen LogP contribution in [0.25, 0.3) is 44.9 Å². The first-order valence-electron chi connectivity index (χ1n) is 31.5. The Labute approximate surface area is 562 Å². The van der Waals surface area contributed by atoms with Crippen molar-refractivity contribution in [2.75, 3.05) is 70.7 Å². The monoisotopic (exact) mass is 1460 g/mol. The lowest BCUT2D eigenvalue weighted by Crippen LogP contribution is -2.44. The Kier molecular flexibility index (Phi) is 20.7. The van der Waals surface area contributed by atoms with Gasteiger partial charge in [0, 0.05) is 68.0 Å². The summed E-state index contributed by atoms with van der Waals surface area (Å²) in [6.07, 6.45) is 21.9. The quantitative estimate of drug-likeness (QED) is 0.0952. The molecule has 12 heterocycles. The summed E-state index contributed by atoms with van der Waals surface area (Å²) in [6, 6.07) is 23.8. The first-order valence-corrected chi connectivity index (χ1v) is 33.1. The fraction of sp³-hybridized carbons (Fsp3) is 0.471. The van der Waals surface area contributed by atoms with Gasteiger partial charge in [-0.25, -0.2) is 29.9 Å². The second-order valence-corrected chi connectivity index (χ2v) is 27.2. The lowest BCUT2D eigenvalue weighted by molar-refractivity contribution is 0.00578. The van der Waals surface area contributed by atoms with E-state index < -0.39 is 0 Å². The van der Waals surface area contributed by atoms with E-state index in [1.165, 1.54) is 58.4 Å². The smallest absolute Gasteiger partial charge is 0.400 e. The molecule has 476 valence electrons. The Morgan fingerprint density at radius 3 is 1.58 bits per heavy atom. The molecule has 2 aromatic carbocycles. The average molecular weight is 1460 g/mol. The highest BCUT2D eigenvalue weighted by atomic mass is 127. The second-order valence-electron chi connectivity index (χ2n) is 25.7. The van der Waals surface area contributed by atoms with E-state index in [1.54, 1.807) is 0 Å². The summed E-state index contributed by atoms with van der Waals surface area (Å²) in [5, 5.41) is 3.43. The molecule has 16 rings (SSSR count). The number of aromatic amines is 1. The van der Waals surface area contributed by atoms with E-state index in [9.17, 15) is 0 Å². The fourth-order valence-corrected chi connectivity index (χ4v) is 14.2. The zero-order valence-corrected chi connectivity index (χ0v) is 58.4. The number of hydrogen-bond acceptors (Lipinski definition) is 15. The summed E-state index contributed by atoms with van der Waals surface area (Å²) in [7, 11) is -0.182. The normalized spacial score (nSPS) is 21.7. The number of nitrogens with zero attached hydrogens (tertiary/aromatic N) is 9. The van der Waals surface area contributed by atoms with Crippen LogP contribution in [-0.2, 0) is 36.4 Å². The van der Waals surface area contributed by atoms with Crippen molar-refractivity contribution in [2.24, 2.45) is 22.3 Å². The molecule has 2 spiro atoms. The molecule has 3 fully saturated rings. The minimum atomic E-state index is -0.239. The number of hydrogen-bond donors (Lipinski definition) is 4. The highest BCUT2D eigenvalue weighted by Crippen LogP contribution is 2.52. The molecule has 2 aliphatic carbocycles. The number of benzene rings is 2. The van der Waals surface area contributed by atoms with Gasteiger partial charge in [0.1, 0.15) is 25.8 Å². The summed E-state index contributed by atoms with van der Waals surface area (Å²) in [5.74, 6) is 1.02. The van der Waals surface area contributed by atoms with Crippen LogP contribution in [0.1, 0.15) is 124 Å². The molecule has 18 nitrogen and oxygen atoms in total. The first kappa shape index (κ1) is 66.2. The van der Waals surface area contributed by atoms with Gasteiger partial charge in [-0.15, -0.1) is 24.0 Å². The van der Waals surface area contributed by atoms with E-state index in [1.807, 2.05) is 38.4 Å². The number of nitrogens with one attached hydrogen (secondary N) is 2. The van der Waals surface area contributed by atoms with Crippen molar-refractivity contribution in [3.05, 3.63) is 158 Å². The van der Waals surface area contributed by atoms with Crippen molar-refractivity contribution in [3.8, 4) is 0 Å². The minimum absolute atomic E-state index is 0. The van der Waals surface area contributed by atoms with Crippen LogP contribution in [0, 0.1) is 31.6 Å². The molecule has 6 aliphatic heterocycles. The van der Waals surface area contributed by atoms with Gasteiger partial charge in [-0.3, -0.25) is 0 Å². The molecular weight excluding hydrogens is 1380 g/mol. The van der Waals surface area contributed by atoms with Crippen molar-refractivity contribution in [3.63, 3.8) is 0 Å². The molecule has 2 atom stereocenters. The SMILES string of the molecule is CC1(C)OB(C2=CCOCC2)OC1(C)C.Cc1nc2[nH]ccc2nc1Br.Cc1nc2c(ccn2C2=CCOCC2)nc1Br.Cc1nc2c(ccn2C2=CCOCC2)nc1N1CCC2(CC1)Cc1ccccc1[C@H]2N.I.N[C@@H]1c2ccccc2CC12CCNCC2. The van der Waals surface area contributed by atoms with Crippen LogP contribution in [-0.4, -0.2) is 128 Å². The number of aromatic nitrogens is 9. The summed E-state index contributed by atoms with van der Waals surface area (Å²) in [4.78, 5) is 33.0. The Morgan fingerprint density at radius 1 is 0.567 bits per heavy atom. The number of piperidine rings is 2. The van der Waals surface area contributed by atoms with Crippen LogP contribution in [0.3, 0.4) is 0 Å². The van der Waals surface area contributed by atoms with Gasteiger partial charge in [-0.2, -0.15) is 0 Å². The molecule has 6 aromatic heterocycles. The number of rotatable bonds is 4. The lowest BCUT2D eigenvalue weighted by Gasteiger charge is -2.42. The molecule has 0 saturated carbocycles. The molecule has 8 aliphatic rings. The van der Waals surface area contributed by atoms with Crippen LogP contribution in [0.5, 0.6) is 0 Å². The van der Waals surface area contributed by atoms with Crippen molar-refractivity contribution in [1.29, 1.82) is 0 Å². The van der Waals surface area contributed by atoms with E-state index >= 15 is 0 Å². The largest absolute Gasteiger partial charge is 0.490 e. The van der Waals surface area contributed by atoms with Gasteiger partial charge in [0.05, 0.1) is 67.9 Å². The fourth-order valence-electron chi connectivity index (χ4n) is 13.6. The van der Waals surface area contributed by atoms with Gasteiger partial charge >= 0.3 is 7.12 Å². The van der Waals surface area contributed by atoms with E-state index in [-0.39, 0.29) is 59.8 Å². The number of fused-ring (bicyclic) bond motifs is 5. The first-order chi connectivity index (χ1) is 42.9. The van der Waals surface area contributed by atoms with Gasteiger partial charge in [0.25, 0.3) is 0 Å². The number of aryl methyl sites for hydroxylation is 3. The third-order valence-corrected chi connectivity index (χ3v) is 21.2. The number of nitrogens with two attached hydrogens (primary N) is 2. The molecule has 90 heavy (non-hydrogen) atoms. The molecule has 6 N–H and O–H groups in total. The molecule has 0 unspecified atom stereocenters. The Balaban J connectivity index is 0.000000122. The minimum Gasteiger partial charge on any atom is -0.400 e. The average Bonchev–Trinajstić information content (AvgIpc) is 1.62. The maximum atomic E-state index is 6.75. The van der Waals surface area contributed by atoms with Gasteiger partial charge in [0.2, 0.25) is 0 Å². The van der Waals surface area contributed by atoms with Crippen molar-refractivity contribution >= 4 is 114 Å². The summed E-state index contributed by atoms with van der Waals surface area (Å²) in [6.45, 7) is 22.8. The van der Waals surface area contributed by atoms with E-state index in [0.29, 0.717) is 25.2 Å². The number of H-pyrrole nitrogens is 1. The summed E-state index contributed by atoms with van der Waals surface area (Å²) >= 11 is 6.72. The molecule has 8 aromatic rings. The number of ether oxygens (including phenoxy) is 3. The molecule has 0 radical (unpaired) electrons. The van der Waals surface area contributed by atoms with Crippen LogP contribution in [0.2, 0.25) is 0 Å². The Hall–Kier alpha value is -5.25. The highest BCUT2D eigenvalue weighted by Gasteiger charge is 2.52. The van der Waals surface area contributed by atoms with Gasteiger partial charge < -0.3 is 59.3 Å².